The van der Waals surface area contributed by atoms with Crippen molar-refractivity contribution in [3.63, 3.8) is 0 Å². The lowest BCUT2D eigenvalue weighted by Gasteiger charge is -2.10. The van der Waals surface area contributed by atoms with Gasteiger partial charge in [-0.3, -0.25) is 0 Å². The summed E-state index contributed by atoms with van der Waals surface area (Å²) in [6, 6.07) is 8.57. The third-order valence-corrected chi connectivity index (χ3v) is 2.73. The highest BCUT2D eigenvalue weighted by Crippen LogP contribution is 2.14. The maximum absolute atomic E-state index is 8.81. The van der Waals surface area contributed by atoms with Gasteiger partial charge in [0.05, 0.1) is 12.0 Å². The Labute approximate surface area is 91.9 Å². The number of nitriles is 1. The zero-order valence-corrected chi connectivity index (χ0v) is 9.67. The first-order chi connectivity index (χ1) is 7.17. The Hall–Kier alpha value is -1.49. The van der Waals surface area contributed by atoms with Crippen LogP contribution in [0.25, 0.3) is 0 Å². The number of hydrogen-bond donors (Lipinski definition) is 1. The van der Waals surface area contributed by atoms with Gasteiger partial charge in [-0.2, -0.15) is 5.26 Å². The molecule has 1 atom stereocenters. The monoisotopic (exact) mass is 202 g/mol. The maximum Gasteiger partial charge on any atom is 0.0674 e. The SMILES string of the molecule is CCC(C#N)CNc1ccc(C)c(C)c1. The third-order valence-electron chi connectivity index (χ3n) is 2.73. The highest BCUT2D eigenvalue weighted by molar-refractivity contribution is 5.48. The Bertz CT molecular complexity index is 363. The van der Waals surface area contributed by atoms with Gasteiger partial charge in [0, 0.05) is 12.2 Å². The summed E-state index contributed by atoms with van der Waals surface area (Å²) < 4.78 is 0. The molecule has 15 heavy (non-hydrogen) atoms. The molecule has 0 aliphatic rings. The Morgan fingerprint density at radius 3 is 2.60 bits per heavy atom. The van der Waals surface area contributed by atoms with Crippen molar-refractivity contribution < 1.29 is 0 Å². The largest absolute Gasteiger partial charge is 0.384 e. The Balaban J connectivity index is 2.59. The van der Waals surface area contributed by atoms with Crippen LogP contribution in [0.3, 0.4) is 0 Å². The molecule has 0 aliphatic heterocycles. The molecule has 2 heteroatoms. The standard InChI is InChI=1S/C13H18N2/c1-4-12(8-14)9-15-13-6-5-10(2)11(3)7-13/h5-7,12,15H,4,9H2,1-3H3. The van der Waals surface area contributed by atoms with Crippen LogP contribution in [0.5, 0.6) is 0 Å². The number of benzene rings is 1. The van der Waals surface area contributed by atoms with Crippen molar-refractivity contribution in [2.45, 2.75) is 27.2 Å². The highest BCUT2D eigenvalue weighted by atomic mass is 14.9. The van der Waals surface area contributed by atoms with Gasteiger partial charge in [-0.1, -0.05) is 13.0 Å². The van der Waals surface area contributed by atoms with Gasteiger partial charge in [0.1, 0.15) is 0 Å². The van der Waals surface area contributed by atoms with Crippen LogP contribution in [0, 0.1) is 31.1 Å². The summed E-state index contributed by atoms with van der Waals surface area (Å²) in [5.74, 6) is 0.103. The summed E-state index contributed by atoms with van der Waals surface area (Å²) >= 11 is 0. The van der Waals surface area contributed by atoms with Gasteiger partial charge < -0.3 is 5.32 Å². The molecule has 1 unspecified atom stereocenters. The fraction of sp³-hybridized carbons (Fsp3) is 0.462. The van der Waals surface area contributed by atoms with Gasteiger partial charge in [0.15, 0.2) is 0 Å². The molecule has 2 nitrogen and oxygen atoms in total. The van der Waals surface area contributed by atoms with Crippen molar-refractivity contribution in [3.8, 4) is 6.07 Å². The van der Waals surface area contributed by atoms with Crippen LogP contribution >= 0.6 is 0 Å². The molecule has 0 saturated heterocycles. The lowest BCUT2D eigenvalue weighted by atomic mass is 10.1. The zero-order chi connectivity index (χ0) is 11.3. The Morgan fingerprint density at radius 2 is 2.07 bits per heavy atom. The summed E-state index contributed by atoms with van der Waals surface area (Å²) in [5, 5.41) is 12.1. The smallest absolute Gasteiger partial charge is 0.0674 e. The number of nitrogens with one attached hydrogen (secondary N) is 1. The van der Waals surface area contributed by atoms with E-state index in [-0.39, 0.29) is 5.92 Å². The molecule has 0 heterocycles. The molecule has 80 valence electrons. The van der Waals surface area contributed by atoms with E-state index in [0.29, 0.717) is 0 Å². The first-order valence-electron chi connectivity index (χ1n) is 5.38. The van der Waals surface area contributed by atoms with Crippen LogP contribution in [0.15, 0.2) is 18.2 Å². The molecule has 0 fully saturated rings. The van der Waals surface area contributed by atoms with Gasteiger partial charge in [-0.05, 0) is 43.5 Å². The van der Waals surface area contributed by atoms with Gasteiger partial charge in [-0.25, -0.2) is 0 Å². The highest BCUT2D eigenvalue weighted by Gasteiger charge is 2.03. The van der Waals surface area contributed by atoms with Crippen LogP contribution < -0.4 is 5.32 Å². The second kappa shape index (κ2) is 5.41. The van der Waals surface area contributed by atoms with Crippen LogP contribution in [0.2, 0.25) is 0 Å². The second-order valence-corrected chi connectivity index (χ2v) is 3.91. The molecule has 0 saturated carbocycles. The molecule has 0 amide bonds. The molecule has 0 spiro atoms. The second-order valence-electron chi connectivity index (χ2n) is 3.91. The molecule has 1 aromatic rings. The van der Waals surface area contributed by atoms with Crippen molar-refractivity contribution in [1.82, 2.24) is 0 Å². The molecule has 1 rings (SSSR count). The van der Waals surface area contributed by atoms with Crippen molar-refractivity contribution >= 4 is 5.69 Å². The van der Waals surface area contributed by atoms with Gasteiger partial charge in [0.25, 0.3) is 0 Å². The quantitative estimate of drug-likeness (QED) is 0.813. The average Bonchev–Trinajstić information content (AvgIpc) is 2.24. The fourth-order valence-corrected chi connectivity index (χ4v) is 1.37. The average molecular weight is 202 g/mol. The maximum atomic E-state index is 8.81. The summed E-state index contributed by atoms with van der Waals surface area (Å²) in [5.41, 5.74) is 3.68. The molecule has 1 N–H and O–H groups in total. The summed E-state index contributed by atoms with van der Waals surface area (Å²) in [6.07, 6.45) is 0.897. The number of hydrogen-bond acceptors (Lipinski definition) is 2. The molecule has 0 aliphatic carbocycles. The fourth-order valence-electron chi connectivity index (χ4n) is 1.37. The molecular weight excluding hydrogens is 184 g/mol. The Kier molecular flexibility index (Phi) is 4.17. The van der Waals surface area contributed by atoms with E-state index in [9.17, 15) is 0 Å². The van der Waals surface area contributed by atoms with Crippen LogP contribution in [-0.2, 0) is 0 Å². The van der Waals surface area contributed by atoms with Gasteiger partial charge in [0.2, 0.25) is 0 Å². The van der Waals surface area contributed by atoms with Gasteiger partial charge >= 0.3 is 0 Å². The van der Waals surface area contributed by atoms with Gasteiger partial charge in [-0.15, -0.1) is 0 Å². The minimum absolute atomic E-state index is 0.103. The number of nitrogens with zero attached hydrogens (tertiary/aromatic N) is 1. The van der Waals surface area contributed by atoms with Crippen LogP contribution in [-0.4, -0.2) is 6.54 Å². The third kappa shape index (κ3) is 3.28. The van der Waals surface area contributed by atoms with Crippen LogP contribution in [0.4, 0.5) is 5.69 Å². The normalized spacial score (nSPS) is 11.9. The molecule has 0 aromatic heterocycles. The molecule has 0 radical (unpaired) electrons. The lowest BCUT2D eigenvalue weighted by molar-refractivity contribution is 0.674. The van der Waals surface area contributed by atoms with Crippen molar-refractivity contribution in [3.05, 3.63) is 29.3 Å². The molecule has 0 bridgehead atoms. The predicted octanol–water partition coefficient (Wildman–Crippen LogP) is 3.27. The van der Waals surface area contributed by atoms with E-state index in [0.717, 1.165) is 18.7 Å². The predicted molar refractivity (Wildman–Crippen MR) is 63.8 cm³/mol. The van der Waals surface area contributed by atoms with E-state index in [1.165, 1.54) is 11.1 Å². The Morgan fingerprint density at radius 1 is 1.33 bits per heavy atom. The van der Waals surface area contributed by atoms with Crippen molar-refractivity contribution in [2.24, 2.45) is 5.92 Å². The summed E-state index contributed by atoms with van der Waals surface area (Å²) in [6.45, 7) is 6.97. The van der Waals surface area contributed by atoms with Crippen molar-refractivity contribution in [2.75, 3.05) is 11.9 Å². The summed E-state index contributed by atoms with van der Waals surface area (Å²) in [7, 11) is 0. The minimum Gasteiger partial charge on any atom is -0.384 e. The van der Waals surface area contributed by atoms with E-state index in [1.807, 2.05) is 6.92 Å². The lowest BCUT2D eigenvalue weighted by Crippen LogP contribution is -2.11. The van der Waals surface area contributed by atoms with Crippen LogP contribution in [0.1, 0.15) is 24.5 Å². The van der Waals surface area contributed by atoms with E-state index in [1.54, 1.807) is 0 Å². The first kappa shape index (κ1) is 11.6. The topological polar surface area (TPSA) is 35.8 Å². The summed E-state index contributed by atoms with van der Waals surface area (Å²) in [4.78, 5) is 0. The van der Waals surface area contributed by atoms with E-state index >= 15 is 0 Å². The van der Waals surface area contributed by atoms with E-state index in [4.69, 9.17) is 5.26 Å². The molecular formula is C13H18N2. The zero-order valence-electron chi connectivity index (χ0n) is 9.67. The molecule has 1 aromatic carbocycles. The van der Waals surface area contributed by atoms with E-state index < -0.39 is 0 Å². The van der Waals surface area contributed by atoms with E-state index in [2.05, 4.69) is 43.4 Å². The number of rotatable bonds is 4. The minimum atomic E-state index is 0.103. The number of anilines is 1. The number of aryl methyl sites for hydroxylation is 2. The first-order valence-corrected chi connectivity index (χ1v) is 5.38. The van der Waals surface area contributed by atoms with Crippen molar-refractivity contribution in [1.29, 1.82) is 5.26 Å².